The Morgan fingerprint density at radius 1 is 1.12 bits per heavy atom. The van der Waals surface area contributed by atoms with Crippen molar-refractivity contribution in [3.05, 3.63) is 41.7 Å². The minimum atomic E-state index is -1.18. The number of hydrogen-bond donors (Lipinski definition) is 2. The van der Waals surface area contributed by atoms with Crippen LogP contribution in [0.25, 0.3) is 11.0 Å². The number of carboxylic acids is 1. The number of aromatic nitrogens is 3. The fourth-order valence-corrected chi connectivity index (χ4v) is 7.68. The van der Waals surface area contributed by atoms with Crippen molar-refractivity contribution in [2.24, 2.45) is 17.3 Å². The molecule has 1 saturated heterocycles. The molecule has 50 heavy (non-hydrogen) atoms. The summed E-state index contributed by atoms with van der Waals surface area (Å²) in [4.78, 5) is 55.8. The number of nitrogens with one attached hydrogen (secondary N) is 1. The topological polar surface area (TPSA) is 166 Å². The predicted octanol–water partition coefficient (Wildman–Crippen LogP) is 6.00. The number of aryl methyl sites for hydroxylation is 2. The first kappa shape index (κ1) is 35.4. The summed E-state index contributed by atoms with van der Waals surface area (Å²) in [5, 5.41) is 13.2. The summed E-state index contributed by atoms with van der Waals surface area (Å²) in [6, 6.07) is 3.25. The van der Waals surface area contributed by atoms with Gasteiger partial charge in [0, 0.05) is 12.0 Å². The van der Waals surface area contributed by atoms with Crippen LogP contribution in [-0.2, 0) is 27.4 Å². The van der Waals surface area contributed by atoms with Crippen LogP contribution < -0.4 is 14.8 Å². The normalized spacial score (nSPS) is 28.1. The summed E-state index contributed by atoms with van der Waals surface area (Å²) in [6.45, 7) is 11.2. The quantitative estimate of drug-likeness (QED) is 0.329. The zero-order chi connectivity index (χ0) is 35.8. The summed E-state index contributed by atoms with van der Waals surface area (Å²) >= 11 is 0. The molecule has 2 N–H and O–H groups in total. The smallest absolute Gasteiger partial charge is 0.408 e. The Bertz CT molecular complexity index is 1740. The molecule has 0 radical (unpaired) electrons. The van der Waals surface area contributed by atoms with E-state index in [4.69, 9.17) is 28.6 Å². The number of oxazole rings is 1. The molecule has 2 bridgehead atoms. The van der Waals surface area contributed by atoms with Crippen LogP contribution >= 0.6 is 0 Å². The fraction of sp³-hybridized carbons (Fsp3) is 0.622. The third-order valence-corrected chi connectivity index (χ3v) is 10.6. The third-order valence-electron chi connectivity index (χ3n) is 10.6. The van der Waals surface area contributed by atoms with Gasteiger partial charge in [-0.15, -0.1) is 0 Å². The maximum Gasteiger partial charge on any atom is 0.408 e. The molecule has 2 aromatic heterocycles. The second-order valence-corrected chi connectivity index (χ2v) is 15.4. The number of carbonyl (C=O) groups is 3. The summed E-state index contributed by atoms with van der Waals surface area (Å²) in [7, 11) is 0. The van der Waals surface area contributed by atoms with Crippen LogP contribution in [0.1, 0.15) is 96.9 Å². The van der Waals surface area contributed by atoms with Crippen LogP contribution in [-0.4, -0.2) is 73.3 Å². The molecule has 6 atom stereocenters. The second-order valence-electron chi connectivity index (χ2n) is 15.4. The van der Waals surface area contributed by atoms with Gasteiger partial charge in [0.2, 0.25) is 17.7 Å². The van der Waals surface area contributed by atoms with Gasteiger partial charge in [0.1, 0.15) is 41.0 Å². The van der Waals surface area contributed by atoms with E-state index in [1.165, 1.54) is 4.90 Å². The van der Waals surface area contributed by atoms with Crippen molar-refractivity contribution >= 4 is 29.0 Å². The minimum absolute atomic E-state index is 0.00205. The molecule has 2 amide bonds. The molecule has 0 unspecified atom stereocenters. The number of carboxylic acid groups (broad SMARTS) is 1. The lowest BCUT2D eigenvalue weighted by atomic mass is 9.85. The van der Waals surface area contributed by atoms with E-state index >= 15 is 0 Å². The summed E-state index contributed by atoms with van der Waals surface area (Å²) in [6.07, 6.45) is 7.25. The maximum absolute atomic E-state index is 14.3. The molecular weight excluding hydrogens is 642 g/mol. The maximum atomic E-state index is 14.3. The van der Waals surface area contributed by atoms with Crippen molar-refractivity contribution in [3.8, 4) is 11.6 Å². The van der Waals surface area contributed by atoms with Crippen LogP contribution in [0.15, 0.2) is 28.8 Å². The van der Waals surface area contributed by atoms with Gasteiger partial charge in [-0.25, -0.2) is 24.5 Å². The average molecular weight is 692 g/mol. The molecule has 3 aliphatic rings. The van der Waals surface area contributed by atoms with Gasteiger partial charge in [0.05, 0.1) is 23.8 Å². The van der Waals surface area contributed by atoms with Gasteiger partial charge >= 0.3 is 12.1 Å². The molecule has 270 valence electrons. The zero-order valence-electron chi connectivity index (χ0n) is 29.9. The monoisotopic (exact) mass is 691 g/mol. The lowest BCUT2D eigenvalue weighted by Gasteiger charge is -2.37. The molecule has 6 rings (SSSR count). The molecule has 2 fully saturated rings. The molecular formula is C37H49N5O8. The number of rotatable bonds is 4. The SMILES string of the molecule is Cc1cnc(COc2ccc3nc4c(nc3c2)O[C@H]2CN(C(=O)[C@H](C(C)(C)C)NC(=O)O[C@]3(C)CCC[C@H]3CCCCC4)[C@H](C(=O)O)[C@@H]2C)o1. The molecule has 13 heteroatoms. The van der Waals surface area contributed by atoms with Crippen molar-refractivity contribution in [3.63, 3.8) is 0 Å². The summed E-state index contributed by atoms with van der Waals surface area (Å²) in [5.74, 6) is -0.00953. The Kier molecular flexibility index (Phi) is 9.96. The Morgan fingerprint density at radius 2 is 1.90 bits per heavy atom. The second kappa shape index (κ2) is 14.1. The number of benzene rings is 1. The van der Waals surface area contributed by atoms with E-state index in [1.807, 2.05) is 46.8 Å². The highest BCUT2D eigenvalue weighted by Crippen LogP contribution is 2.42. The fourth-order valence-electron chi connectivity index (χ4n) is 7.68. The van der Waals surface area contributed by atoms with Crippen LogP contribution in [0, 0.1) is 24.2 Å². The van der Waals surface area contributed by atoms with Gasteiger partial charge in [-0.2, -0.15) is 0 Å². The van der Waals surface area contributed by atoms with Gasteiger partial charge in [0.15, 0.2) is 6.61 Å². The average Bonchev–Trinajstić information content (AvgIpc) is 3.73. The van der Waals surface area contributed by atoms with Crippen LogP contribution in [0.5, 0.6) is 11.6 Å². The van der Waals surface area contributed by atoms with E-state index < -0.39 is 53.1 Å². The van der Waals surface area contributed by atoms with Gasteiger partial charge in [-0.05, 0) is 75.8 Å². The van der Waals surface area contributed by atoms with Gasteiger partial charge in [-0.3, -0.25) is 4.79 Å². The van der Waals surface area contributed by atoms with Crippen LogP contribution in [0.3, 0.4) is 0 Å². The Hall–Kier alpha value is -4.42. The van der Waals surface area contributed by atoms with Crippen LogP contribution in [0.2, 0.25) is 0 Å². The zero-order valence-corrected chi connectivity index (χ0v) is 29.9. The van der Waals surface area contributed by atoms with Crippen molar-refractivity contribution in [1.29, 1.82) is 0 Å². The number of hydrogen-bond acceptors (Lipinski definition) is 10. The van der Waals surface area contributed by atoms with E-state index in [-0.39, 0.29) is 19.1 Å². The number of amides is 2. The van der Waals surface area contributed by atoms with Crippen LogP contribution in [0.4, 0.5) is 4.79 Å². The Labute approximate surface area is 292 Å². The summed E-state index contributed by atoms with van der Waals surface area (Å²) < 4.78 is 24.1. The first-order valence-corrected chi connectivity index (χ1v) is 17.8. The highest BCUT2D eigenvalue weighted by atomic mass is 16.6. The number of carbonyl (C=O) groups excluding carboxylic acids is 2. The lowest BCUT2D eigenvalue weighted by Crippen LogP contribution is -2.58. The highest BCUT2D eigenvalue weighted by molar-refractivity contribution is 5.90. The minimum Gasteiger partial charge on any atom is -0.484 e. The van der Waals surface area contributed by atoms with E-state index in [0.29, 0.717) is 46.4 Å². The molecule has 13 nitrogen and oxygen atoms in total. The van der Waals surface area contributed by atoms with Crippen molar-refractivity contribution < 1.29 is 38.1 Å². The van der Waals surface area contributed by atoms with Gasteiger partial charge in [0.25, 0.3) is 0 Å². The third kappa shape index (κ3) is 7.51. The molecule has 0 spiro atoms. The van der Waals surface area contributed by atoms with E-state index in [2.05, 4.69) is 10.3 Å². The molecule has 1 aromatic carbocycles. The number of aliphatic carboxylic acids is 1. The highest BCUT2D eigenvalue weighted by Gasteiger charge is 2.51. The lowest BCUT2D eigenvalue weighted by molar-refractivity contribution is -0.151. The molecule has 1 aliphatic carbocycles. The number of fused-ring (bicyclic) bond motifs is 5. The predicted molar refractivity (Wildman–Crippen MR) is 183 cm³/mol. The Balaban J connectivity index is 1.34. The molecule has 4 heterocycles. The number of ether oxygens (including phenoxy) is 3. The number of nitrogens with zero attached hydrogens (tertiary/aromatic N) is 4. The standard InChI is InChI=1S/C37H49N5O8/c1-21-18-38-29(48-21)20-47-24-14-15-25-27(17-24)40-32-26(39-25)13-9-7-8-11-23-12-10-16-37(23,6)50-35(46)41-31(36(3,4)5)33(43)42-19-28(49-32)22(2)30(42)34(44)45/h14-15,17-18,22-23,28,30-31H,7-13,16,19-20H2,1-6H3,(H,41,46)(H,44,45)/t22-,23-,28+,30+,31-,37-/m1/s1. The molecule has 3 aromatic rings. The molecule has 1 saturated carbocycles. The Morgan fingerprint density at radius 3 is 2.62 bits per heavy atom. The number of alkyl carbamates (subject to hydrolysis) is 1. The summed E-state index contributed by atoms with van der Waals surface area (Å²) in [5.41, 5.74) is 0.534. The largest absolute Gasteiger partial charge is 0.484 e. The van der Waals surface area contributed by atoms with Gasteiger partial charge < -0.3 is 34.0 Å². The first-order valence-electron chi connectivity index (χ1n) is 17.8. The van der Waals surface area contributed by atoms with Crippen molar-refractivity contribution in [2.45, 2.75) is 123 Å². The first-order chi connectivity index (χ1) is 23.7. The molecule has 2 aliphatic heterocycles. The van der Waals surface area contributed by atoms with Gasteiger partial charge in [-0.1, -0.05) is 40.5 Å². The van der Waals surface area contributed by atoms with E-state index in [9.17, 15) is 19.5 Å². The van der Waals surface area contributed by atoms with E-state index in [1.54, 1.807) is 19.2 Å². The van der Waals surface area contributed by atoms with Crippen molar-refractivity contribution in [2.75, 3.05) is 6.54 Å². The van der Waals surface area contributed by atoms with Crippen molar-refractivity contribution in [1.82, 2.24) is 25.2 Å². The van der Waals surface area contributed by atoms with E-state index in [0.717, 1.165) is 44.9 Å².